The van der Waals surface area contributed by atoms with Crippen LogP contribution in [-0.4, -0.2) is 20.5 Å². The first kappa shape index (κ1) is 16.5. The van der Waals surface area contributed by atoms with E-state index in [2.05, 4.69) is 9.71 Å². The molecule has 0 amide bonds. The Morgan fingerprint density at radius 3 is 2.36 bits per heavy atom. The Balaban J connectivity index is 2.35. The first-order chi connectivity index (χ1) is 10.3. The molecule has 2 rings (SSSR count). The van der Waals surface area contributed by atoms with Crippen LogP contribution in [0.5, 0.6) is 5.75 Å². The van der Waals surface area contributed by atoms with Crippen LogP contribution in [0.3, 0.4) is 0 Å². The number of aromatic nitrogens is 1. The van der Waals surface area contributed by atoms with Crippen molar-refractivity contribution in [3.05, 3.63) is 53.3 Å². The summed E-state index contributed by atoms with van der Waals surface area (Å²) >= 11 is 0. The molecular formula is C16H20N2O3S. The molecule has 22 heavy (non-hydrogen) atoms. The van der Waals surface area contributed by atoms with Crippen LogP contribution in [0.2, 0.25) is 0 Å². The molecule has 0 radical (unpaired) electrons. The van der Waals surface area contributed by atoms with Gasteiger partial charge < -0.3 is 4.74 Å². The number of sulfonamides is 1. The summed E-state index contributed by atoms with van der Waals surface area (Å²) in [5.74, 6) is 0.647. The van der Waals surface area contributed by atoms with E-state index in [9.17, 15) is 8.42 Å². The average Bonchev–Trinajstić information content (AvgIpc) is 2.46. The second kappa shape index (κ2) is 6.46. The number of aryl methyl sites for hydroxylation is 2. The van der Waals surface area contributed by atoms with Crippen LogP contribution in [0.4, 0.5) is 0 Å². The number of hydrogen-bond donors (Lipinski definition) is 1. The van der Waals surface area contributed by atoms with Gasteiger partial charge in [0.05, 0.1) is 12.0 Å². The molecule has 1 aromatic carbocycles. The second-order valence-corrected chi connectivity index (χ2v) is 6.87. The number of methoxy groups -OCH3 is 1. The Morgan fingerprint density at radius 2 is 1.86 bits per heavy atom. The highest BCUT2D eigenvalue weighted by molar-refractivity contribution is 7.89. The molecule has 0 fully saturated rings. The quantitative estimate of drug-likeness (QED) is 0.920. The fourth-order valence-corrected chi connectivity index (χ4v) is 4.13. The highest BCUT2D eigenvalue weighted by Gasteiger charge is 2.23. The molecule has 118 valence electrons. The molecule has 1 aromatic heterocycles. The third-order valence-electron chi connectivity index (χ3n) is 3.45. The molecule has 2 aromatic rings. The Morgan fingerprint density at radius 1 is 1.23 bits per heavy atom. The fraction of sp³-hybridized carbons (Fsp3) is 0.312. The predicted octanol–water partition coefficient (Wildman–Crippen LogP) is 2.75. The maximum atomic E-state index is 12.7. The van der Waals surface area contributed by atoms with Gasteiger partial charge in [-0.2, -0.15) is 0 Å². The number of hydrogen-bond acceptors (Lipinski definition) is 4. The zero-order chi connectivity index (χ0) is 16.3. The van der Waals surface area contributed by atoms with Crippen LogP contribution in [0.25, 0.3) is 0 Å². The standard InChI is InChI=1S/C16H20N2O3S/c1-11-8-15(21-4)9-12(2)16(11)22(19,20)18-13(3)14-6-5-7-17-10-14/h5-10,13,18H,1-4H3/t13-/m0/s1. The number of benzene rings is 1. The lowest BCUT2D eigenvalue weighted by Gasteiger charge is -2.17. The highest BCUT2D eigenvalue weighted by atomic mass is 32.2. The van der Waals surface area contributed by atoms with Crippen molar-refractivity contribution in [2.45, 2.75) is 31.7 Å². The van der Waals surface area contributed by atoms with Gasteiger partial charge in [0.2, 0.25) is 10.0 Å². The maximum Gasteiger partial charge on any atom is 0.241 e. The minimum absolute atomic E-state index is 0.295. The molecule has 0 bridgehead atoms. The lowest BCUT2D eigenvalue weighted by Crippen LogP contribution is -2.28. The van der Waals surface area contributed by atoms with Crippen molar-refractivity contribution in [1.82, 2.24) is 9.71 Å². The Hall–Kier alpha value is -1.92. The zero-order valence-electron chi connectivity index (χ0n) is 13.1. The van der Waals surface area contributed by atoms with Gasteiger partial charge in [-0.15, -0.1) is 0 Å². The number of rotatable bonds is 5. The maximum absolute atomic E-state index is 12.7. The minimum Gasteiger partial charge on any atom is -0.497 e. The molecule has 0 aliphatic heterocycles. The van der Waals surface area contributed by atoms with Crippen molar-refractivity contribution in [3.8, 4) is 5.75 Å². The van der Waals surface area contributed by atoms with E-state index >= 15 is 0 Å². The molecule has 1 N–H and O–H groups in total. The van der Waals surface area contributed by atoms with Gasteiger partial charge in [0.1, 0.15) is 5.75 Å². The van der Waals surface area contributed by atoms with Gasteiger partial charge in [0.15, 0.2) is 0 Å². The lowest BCUT2D eigenvalue weighted by molar-refractivity contribution is 0.413. The molecule has 1 atom stereocenters. The predicted molar refractivity (Wildman–Crippen MR) is 85.4 cm³/mol. The van der Waals surface area contributed by atoms with E-state index in [1.165, 1.54) is 0 Å². The van der Waals surface area contributed by atoms with E-state index in [1.807, 2.05) is 6.07 Å². The first-order valence-corrected chi connectivity index (χ1v) is 8.41. The van der Waals surface area contributed by atoms with Crippen molar-refractivity contribution in [2.24, 2.45) is 0 Å². The SMILES string of the molecule is COc1cc(C)c(S(=O)(=O)N[C@@H](C)c2cccnc2)c(C)c1. The second-order valence-electron chi connectivity index (χ2n) is 5.22. The number of pyridine rings is 1. The van der Waals surface area contributed by atoms with Crippen LogP contribution in [0.1, 0.15) is 29.7 Å². The summed E-state index contributed by atoms with van der Waals surface area (Å²) in [5.41, 5.74) is 2.13. The van der Waals surface area contributed by atoms with E-state index in [4.69, 9.17) is 4.74 Å². The summed E-state index contributed by atoms with van der Waals surface area (Å²) in [6.45, 7) is 5.32. The Bertz CT molecular complexity index is 735. The Kier molecular flexibility index (Phi) is 4.83. The summed E-state index contributed by atoms with van der Waals surface area (Å²) in [6.07, 6.45) is 3.31. The van der Waals surface area contributed by atoms with Crippen LogP contribution in [0, 0.1) is 13.8 Å². The van der Waals surface area contributed by atoms with Crippen molar-refractivity contribution >= 4 is 10.0 Å². The van der Waals surface area contributed by atoms with Gasteiger partial charge in [-0.3, -0.25) is 4.98 Å². The largest absolute Gasteiger partial charge is 0.497 e. The van der Waals surface area contributed by atoms with Crippen molar-refractivity contribution < 1.29 is 13.2 Å². The highest BCUT2D eigenvalue weighted by Crippen LogP contribution is 2.26. The molecule has 1 heterocycles. The smallest absolute Gasteiger partial charge is 0.241 e. The number of nitrogens with one attached hydrogen (secondary N) is 1. The third kappa shape index (κ3) is 3.45. The number of nitrogens with zero attached hydrogens (tertiary/aromatic N) is 1. The molecule has 0 saturated heterocycles. The topological polar surface area (TPSA) is 68.3 Å². The molecule has 0 aliphatic carbocycles. The molecular weight excluding hydrogens is 300 g/mol. The van der Waals surface area contributed by atoms with Crippen molar-refractivity contribution in [3.63, 3.8) is 0 Å². The Labute approximate surface area is 131 Å². The summed E-state index contributed by atoms with van der Waals surface area (Å²) in [5, 5.41) is 0. The minimum atomic E-state index is -3.63. The van der Waals surface area contributed by atoms with Gasteiger partial charge >= 0.3 is 0 Å². The summed E-state index contributed by atoms with van der Waals surface area (Å²) in [4.78, 5) is 4.31. The van der Waals surface area contributed by atoms with Crippen LogP contribution >= 0.6 is 0 Å². The summed E-state index contributed by atoms with van der Waals surface area (Å²) in [7, 11) is -2.07. The van der Waals surface area contributed by atoms with E-state index in [0.717, 1.165) is 5.56 Å². The summed E-state index contributed by atoms with van der Waals surface area (Å²) in [6, 6.07) is 6.70. The molecule has 0 unspecified atom stereocenters. The van der Waals surface area contributed by atoms with Gasteiger partial charge in [0.25, 0.3) is 0 Å². The molecule has 0 aliphatic rings. The van der Waals surface area contributed by atoms with Crippen molar-refractivity contribution in [1.29, 1.82) is 0 Å². The van der Waals surface area contributed by atoms with Crippen LogP contribution in [0.15, 0.2) is 41.6 Å². The van der Waals surface area contributed by atoms with Crippen LogP contribution in [-0.2, 0) is 10.0 Å². The normalized spacial score (nSPS) is 12.9. The molecule has 5 nitrogen and oxygen atoms in total. The van der Waals surface area contributed by atoms with Crippen molar-refractivity contribution in [2.75, 3.05) is 7.11 Å². The van der Waals surface area contributed by atoms with Gasteiger partial charge in [-0.05, 0) is 55.7 Å². The average molecular weight is 320 g/mol. The van der Waals surface area contributed by atoms with E-state index in [-0.39, 0.29) is 6.04 Å². The first-order valence-electron chi connectivity index (χ1n) is 6.92. The van der Waals surface area contributed by atoms with E-state index in [1.54, 1.807) is 58.5 Å². The fourth-order valence-electron chi connectivity index (χ4n) is 2.44. The lowest BCUT2D eigenvalue weighted by atomic mass is 10.1. The van der Waals surface area contributed by atoms with E-state index < -0.39 is 10.0 Å². The zero-order valence-corrected chi connectivity index (χ0v) is 13.9. The van der Waals surface area contributed by atoms with Gasteiger partial charge in [-0.1, -0.05) is 6.07 Å². The molecule has 0 saturated carbocycles. The summed E-state index contributed by atoms with van der Waals surface area (Å²) < 4.78 is 33.2. The molecule has 6 heteroatoms. The third-order valence-corrected chi connectivity index (χ3v) is 5.30. The monoisotopic (exact) mass is 320 g/mol. The number of ether oxygens (including phenoxy) is 1. The van der Waals surface area contributed by atoms with Crippen LogP contribution < -0.4 is 9.46 Å². The van der Waals surface area contributed by atoms with E-state index in [0.29, 0.717) is 21.8 Å². The van der Waals surface area contributed by atoms with Gasteiger partial charge in [-0.25, -0.2) is 13.1 Å². The van der Waals surface area contributed by atoms with Gasteiger partial charge in [0, 0.05) is 18.4 Å². The molecule has 0 spiro atoms.